The number of carbonyl (C=O) groups excluding carboxylic acids is 1. The Kier molecular flexibility index (Phi) is 3.26. The number of hydrogen-bond donors (Lipinski definition) is 2. The summed E-state index contributed by atoms with van der Waals surface area (Å²) in [6.45, 7) is 7.21. The molecule has 1 amide bonds. The van der Waals surface area contributed by atoms with Crippen LogP contribution in [0.4, 0.5) is 0 Å². The number of aromatic nitrogens is 2. The molecule has 0 aliphatic heterocycles. The van der Waals surface area contributed by atoms with Crippen LogP contribution in [0, 0.1) is 10.8 Å². The quantitative estimate of drug-likeness (QED) is 0.349. The molecule has 1 aromatic heterocycles. The predicted octanol–water partition coefficient (Wildman–Crippen LogP) is 1.06. The van der Waals surface area contributed by atoms with Crippen LogP contribution in [0.3, 0.4) is 0 Å². The van der Waals surface area contributed by atoms with E-state index in [1.165, 1.54) is 10.9 Å². The Morgan fingerprint density at radius 1 is 1.41 bits per heavy atom. The minimum Gasteiger partial charge on any atom is -0.409 e. The van der Waals surface area contributed by atoms with Crippen molar-refractivity contribution < 1.29 is 10.0 Å². The van der Waals surface area contributed by atoms with Crippen LogP contribution >= 0.6 is 0 Å². The van der Waals surface area contributed by atoms with Gasteiger partial charge >= 0.3 is 0 Å². The molecule has 1 aromatic rings. The summed E-state index contributed by atoms with van der Waals surface area (Å²) in [7, 11) is 0. The molecule has 6 heteroatoms. The van der Waals surface area contributed by atoms with Crippen LogP contribution in [-0.4, -0.2) is 26.7 Å². The molecular weight excluding hydrogens is 220 g/mol. The summed E-state index contributed by atoms with van der Waals surface area (Å²) in [5, 5.41) is 16.3. The summed E-state index contributed by atoms with van der Waals surface area (Å²) in [4.78, 5) is 11.8. The highest BCUT2D eigenvalue weighted by Crippen LogP contribution is 2.39. The number of hydrogen-bond acceptors (Lipinski definition) is 4. The Morgan fingerprint density at radius 3 is 2.29 bits per heavy atom. The topological polar surface area (TPSA) is 93.5 Å². The van der Waals surface area contributed by atoms with Gasteiger partial charge in [-0.1, -0.05) is 25.9 Å². The molecule has 6 nitrogen and oxygen atoms in total. The van der Waals surface area contributed by atoms with Crippen LogP contribution in [0.1, 0.15) is 27.7 Å². The molecule has 1 unspecified atom stereocenters. The van der Waals surface area contributed by atoms with Crippen LogP contribution in [0.5, 0.6) is 0 Å². The van der Waals surface area contributed by atoms with Gasteiger partial charge in [-0.2, -0.15) is 5.10 Å². The molecular formula is C11H18N4O2. The Bertz CT molecular complexity index is 431. The molecule has 0 saturated heterocycles. The molecule has 3 N–H and O–H groups in total. The van der Waals surface area contributed by atoms with E-state index in [9.17, 15) is 4.79 Å². The van der Waals surface area contributed by atoms with Gasteiger partial charge in [0.2, 0.25) is 5.91 Å². The normalized spacial score (nSPS) is 16.6. The summed E-state index contributed by atoms with van der Waals surface area (Å²) < 4.78 is 1.34. The molecule has 1 rings (SSSR count). The van der Waals surface area contributed by atoms with E-state index in [4.69, 9.17) is 10.9 Å². The smallest absolute Gasteiger partial charge is 0.231 e. The Morgan fingerprint density at radius 2 is 2.00 bits per heavy atom. The van der Waals surface area contributed by atoms with Crippen LogP contribution in [-0.2, 0) is 4.79 Å². The number of primary amides is 1. The fourth-order valence-corrected chi connectivity index (χ4v) is 1.58. The maximum absolute atomic E-state index is 11.8. The van der Waals surface area contributed by atoms with Gasteiger partial charge in [-0.25, -0.2) is 4.68 Å². The largest absolute Gasteiger partial charge is 0.409 e. The lowest BCUT2D eigenvalue weighted by Crippen LogP contribution is -2.53. The van der Waals surface area contributed by atoms with Crippen LogP contribution in [0.2, 0.25) is 0 Å². The van der Waals surface area contributed by atoms with E-state index in [-0.39, 0.29) is 5.84 Å². The van der Waals surface area contributed by atoms with Gasteiger partial charge in [0.15, 0.2) is 5.84 Å². The molecule has 1 heterocycles. The molecule has 0 bridgehead atoms. The third kappa shape index (κ3) is 2.02. The number of carbonyl (C=O) groups is 1. The molecule has 0 spiro atoms. The van der Waals surface area contributed by atoms with E-state index in [1.54, 1.807) is 19.2 Å². The van der Waals surface area contributed by atoms with Gasteiger partial charge in [0, 0.05) is 12.4 Å². The van der Waals surface area contributed by atoms with Crippen molar-refractivity contribution in [1.29, 1.82) is 0 Å². The third-order valence-electron chi connectivity index (χ3n) is 3.26. The Balaban J connectivity index is 3.39. The molecule has 0 aromatic carbocycles. The van der Waals surface area contributed by atoms with Gasteiger partial charge in [0.25, 0.3) is 0 Å². The second-order valence-electron chi connectivity index (χ2n) is 5.11. The summed E-state index contributed by atoms with van der Waals surface area (Å²) in [6.07, 6.45) is 3.14. The van der Waals surface area contributed by atoms with E-state index in [2.05, 4.69) is 10.3 Å². The van der Waals surface area contributed by atoms with Crippen molar-refractivity contribution in [2.24, 2.45) is 21.7 Å². The first kappa shape index (κ1) is 13.2. The molecule has 0 aliphatic carbocycles. The van der Waals surface area contributed by atoms with Crippen LogP contribution in [0.15, 0.2) is 23.6 Å². The maximum Gasteiger partial charge on any atom is 0.231 e. The highest BCUT2D eigenvalue weighted by molar-refractivity contribution is 6.07. The second-order valence-corrected chi connectivity index (χ2v) is 5.11. The highest BCUT2D eigenvalue weighted by atomic mass is 16.4. The first-order chi connectivity index (χ1) is 7.75. The van der Waals surface area contributed by atoms with Crippen LogP contribution < -0.4 is 5.73 Å². The Labute approximate surface area is 100 Å². The minimum atomic E-state index is -1.13. The second kappa shape index (κ2) is 4.20. The van der Waals surface area contributed by atoms with Gasteiger partial charge in [-0.05, 0) is 18.4 Å². The standard InChI is InChI=1S/C11H18N4O2/c1-10(2,3)11(4,8(12)16)9(14-17)15-7-5-6-13-15/h5-7,17H,1-4H3,(H2,12,16). The van der Waals surface area contributed by atoms with Crippen molar-refractivity contribution in [3.63, 3.8) is 0 Å². The van der Waals surface area contributed by atoms with Gasteiger partial charge in [-0.3, -0.25) is 4.79 Å². The molecule has 17 heavy (non-hydrogen) atoms. The number of nitrogens with two attached hydrogens (primary N) is 1. The van der Waals surface area contributed by atoms with Crippen molar-refractivity contribution in [3.8, 4) is 0 Å². The molecule has 0 fully saturated rings. The SMILES string of the molecule is CC(C)(C)C(C)(C(N)=O)C(=NO)n1cccn1. The minimum absolute atomic E-state index is 0.113. The van der Waals surface area contributed by atoms with E-state index < -0.39 is 16.7 Å². The van der Waals surface area contributed by atoms with Crippen molar-refractivity contribution in [2.45, 2.75) is 27.7 Å². The molecule has 0 saturated carbocycles. The number of amides is 1. The number of nitrogens with zero attached hydrogens (tertiary/aromatic N) is 3. The third-order valence-corrected chi connectivity index (χ3v) is 3.26. The summed E-state index contributed by atoms with van der Waals surface area (Å²) in [5.74, 6) is -0.448. The van der Waals surface area contributed by atoms with E-state index >= 15 is 0 Å². The molecule has 0 radical (unpaired) electrons. The predicted molar refractivity (Wildman–Crippen MR) is 63.6 cm³/mol. The zero-order valence-electron chi connectivity index (χ0n) is 10.5. The number of oxime groups is 1. The van der Waals surface area contributed by atoms with Gasteiger partial charge in [0.05, 0.1) is 0 Å². The first-order valence-electron chi connectivity index (χ1n) is 5.27. The van der Waals surface area contributed by atoms with Crippen LogP contribution in [0.25, 0.3) is 0 Å². The van der Waals surface area contributed by atoms with Gasteiger partial charge in [-0.15, -0.1) is 0 Å². The van der Waals surface area contributed by atoms with Gasteiger partial charge < -0.3 is 10.9 Å². The monoisotopic (exact) mass is 238 g/mol. The van der Waals surface area contributed by atoms with E-state index in [0.29, 0.717) is 0 Å². The van der Waals surface area contributed by atoms with Crippen molar-refractivity contribution >= 4 is 11.7 Å². The zero-order chi connectivity index (χ0) is 13.3. The highest BCUT2D eigenvalue weighted by Gasteiger charge is 2.49. The molecule has 0 aliphatic rings. The van der Waals surface area contributed by atoms with E-state index in [1.807, 2.05) is 20.8 Å². The van der Waals surface area contributed by atoms with Crippen molar-refractivity contribution in [3.05, 3.63) is 18.5 Å². The summed E-state index contributed by atoms with van der Waals surface area (Å²) in [5.41, 5.74) is 3.83. The number of rotatable bonds is 2. The fraction of sp³-hybridized carbons (Fsp3) is 0.545. The summed E-state index contributed by atoms with van der Waals surface area (Å²) in [6, 6.07) is 1.68. The lowest BCUT2D eigenvalue weighted by atomic mass is 9.66. The van der Waals surface area contributed by atoms with Gasteiger partial charge in [0.1, 0.15) is 5.41 Å². The van der Waals surface area contributed by atoms with Crippen molar-refractivity contribution in [2.75, 3.05) is 0 Å². The zero-order valence-corrected chi connectivity index (χ0v) is 10.5. The fourth-order valence-electron chi connectivity index (χ4n) is 1.58. The van der Waals surface area contributed by atoms with Crippen molar-refractivity contribution in [1.82, 2.24) is 9.78 Å². The first-order valence-corrected chi connectivity index (χ1v) is 5.27. The average molecular weight is 238 g/mol. The average Bonchev–Trinajstić information content (AvgIpc) is 2.69. The lowest BCUT2D eigenvalue weighted by molar-refractivity contribution is -0.127. The molecule has 1 atom stereocenters. The Hall–Kier alpha value is -1.85. The van der Waals surface area contributed by atoms with E-state index in [0.717, 1.165) is 0 Å². The maximum atomic E-state index is 11.8. The molecule has 94 valence electrons. The summed E-state index contributed by atoms with van der Waals surface area (Å²) >= 11 is 0. The lowest BCUT2D eigenvalue weighted by Gasteiger charge is -2.38.